The lowest BCUT2D eigenvalue weighted by molar-refractivity contribution is -0.0170. The number of benzene rings is 1. The number of amides is 3. The first-order chi connectivity index (χ1) is 13.0. The van der Waals surface area contributed by atoms with E-state index in [0.29, 0.717) is 38.0 Å². The second kappa shape index (κ2) is 8.18. The van der Waals surface area contributed by atoms with E-state index in [2.05, 4.69) is 15.6 Å². The van der Waals surface area contributed by atoms with Crippen molar-refractivity contribution in [2.45, 2.75) is 25.0 Å². The fourth-order valence-corrected chi connectivity index (χ4v) is 3.21. The number of carbonyl (C=O) groups excluding carboxylic acids is 2. The fourth-order valence-electron chi connectivity index (χ4n) is 3.21. The number of carbonyl (C=O) groups is 2. The van der Waals surface area contributed by atoms with Crippen LogP contribution in [-0.4, -0.2) is 47.1 Å². The maximum absolute atomic E-state index is 12.4. The average Bonchev–Trinajstić information content (AvgIpc) is 2.73. The van der Waals surface area contributed by atoms with Gasteiger partial charge in [-0.2, -0.15) is 0 Å². The lowest BCUT2D eigenvalue weighted by Gasteiger charge is -2.38. The summed E-state index contributed by atoms with van der Waals surface area (Å²) in [6, 6.07) is 10.6. The summed E-state index contributed by atoms with van der Waals surface area (Å²) in [4.78, 5) is 29.7. The molecule has 0 saturated carbocycles. The Morgan fingerprint density at radius 3 is 2.48 bits per heavy atom. The molecule has 3 N–H and O–H groups in total. The van der Waals surface area contributed by atoms with Crippen molar-refractivity contribution in [1.29, 1.82) is 0 Å². The highest BCUT2D eigenvalue weighted by molar-refractivity contribution is 5.93. The molecule has 1 fully saturated rings. The highest BCUT2D eigenvalue weighted by Crippen LogP contribution is 2.32. The zero-order chi connectivity index (χ0) is 19.3. The van der Waals surface area contributed by atoms with Crippen LogP contribution in [0.25, 0.3) is 0 Å². The van der Waals surface area contributed by atoms with Gasteiger partial charge in [-0.3, -0.25) is 9.78 Å². The fraction of sp³-hybridized carbons (Fsp3) is 0.350. The van der Waals surface area contributed by atoms with E-state index in [-0.39, 0.29) is 11.9 Å². The van der Waals surface area contributed by atoms with Crippen LogP contribution in [0.2, 0.25) is 0 Å². The number of aromatic nitrogens is 1. The molecule has 0 radical (unpaired) electrons. The van der Waals surface area contributed by atoms with Gasteiger partial charge in [-0.15, -0.1) is 0 Å². The second-order valence-electron chi connectivity index (χ2n) is 6.70. The summed E-state index contributed by atoms with van der Waals surface area (Å²) in [5.74, 6) is -0.139. The third kappa shape index (κ3) is 4.43. The minimum atomic E-state index is -0.930. The molecule has 7 heteroatoms. The van der Waals surface area contributed by atoms with Gasteiger partial charge in [0, 0.05) is 50.2 Å². The van der Waals surface area contributed by atoms with Gasteiger partial charge in [-0.1, -0.05) is 18.2 Å². The number of hydrogen-bond donors (Lipinski definition) is 3. The Morgan fingerprint density at radius 2 is 1.89 bits per heavy atom. The lowest BCUT2D eigenvalue weighted by atomic mass is 9.85. The van der Waals surface area contributed by atoms with Crippen molar-refractivity contribution in [3.8, 4) is 0 Å². The topological polar surface area (TPSA) is 94.6 Å². The Labute approximate surface area is 158 Å². The minimum absolute atomic E-state index is 0.139. The number of rotatable bonds is 4. The molecule has 7 nitrogen and oxygen atoms in total. The van der Waals surface area contributed by atoms with Gasteiger partial charge >= 0.3 is 6.03 Å². The smallest absolute Gasteiger partial charge is 0.317 e. The molecule has 3 amide bonds. The van der Waals surface area contributed by atoms with E-state index in [1.54, 1.807) is 36.5 Å². The highest BCUT2D eigenvalue weighted by Gasteiger charge is 2.35. The molecule has 0 spiro atoms. The summed E-state index contributed by atoms with van der Waals surface area (Å²) in [6.45, 7) is 1.34. The van der Waals surface area contributed by atoms with Crippen LogP contribution in [-0.2, 0) is 12.1 Å². The number of pyridine rings is 1. The molecule has 1 aliphatic rings. The van der Waals surface area contributed by atoms with E-state index in [1.807, 2.05) is 24.3 Å². The number of aliphatic hydroxyl groups is 1. The molecule has 1 aromatic heterocycles. The number of hydrogen-bond acceptors (Lipinski definition) is 4. The molecule has 0 atom stereocenters. The van der Waals surface area contributed by atoms with E-state index >= 15 is 0 Å². The Balaban J connectivity index is 1.50. The SMILES string of the molecule is CNC(=O)c1ccc(CNC(=O)N2CCC(O)(c3cccnc3)CC2)cc1. The molecule has 142 valence electrons. The van der Waals surface area contributed by atoms with E-state index in [1.165, 1.54) is 0 Å². The molecular weight excluding hydrogens is 344 g/mol. The van der Waals surface area contributed by atoms with Crippen LogP contribution in [0, 0.1) is 0 Å². The maximum Gasteiger partial charge on any atom is 0.317 e. The van der Waals surface area contributed by atoms with Crippen molar-refractivity contribution in [3.63, 3.8) is 0 Å². The van der Waals surface area contributed by atoms with Crippen molar-refractivity contribution in [2.24, 2.45) is 0 Å². The Morgan fingerprint density at radius 1 is 1.19 bits per heavy atom. The van der Waals surface area contributed by atoms with Crippen LogP contribution < -0.4 is 10.6 Å². The summed E-state index contributed by atoms with van der Waals surface area (Å²) in [5, 5.41) is 16.3. The maximum atomic E-state index is 12.4. The standard InChI is InChI=1S/C20H24N4O3/c1-21-18(25)16-6-4-15(5-7-16)13-23-19(26)24-11-8-20(27,9-12-24)17-3-2-10-22-14-17/h2-7,10,14,27H,8-9,11-13H2,1H3,(H,21,25)(H,23,26). The largest absolute Gasteiger partial charge is 0.385 e. The van der Waals surface area contributed by atoms with Crippen LogP contribution >= 0.6 is 0 Å². The molecule has 0 unspecified atom stereocenters. The van der Waals surface area contributed by atoms with Crippen LogP contribution in [0.5, 0.6) is 0 Å². The van der Waals surface area contributed by atoms with Gasteiger partial charge in [0.2, 0.25) is 0 Å². The first kappa shape index (κ1) is 18.8. The predicted molar refractivity (Wildman–Crippen MR) is 101 cm³/mol. The number of nitrogens with one attached hydrogen (secondary N) is 2. The van der Waals surface area contributed by atoms with Crippen molar-refractivity contribution >= 4 is 11.9 Å². The van der Waals surface area contributed by atoms with Crippen molar-refractivity contribution in [3.05, 3.63) is 65.5 Å². The van der Waals surface area contributed by atoms with Crippen LogP contribution in [0.15, 0.2) is 48.8 Å². The van der Waals surface area contributed by atoms with E-state index < -0.39 is 5.60 Å². The van der Waals surface area contributed by atoms with Gasteiger partial charge in [0.05, 0.1) is 5.60 Å². The molecular formula is C20H24N4O3. The van der Waals surface area contributed by atoms with Crippen LogP contribution in [0.3, 0.4) is 0 Å². The van der Waals surface area contributed by atoms with Gasteiger partial charge in [0.1, 0.15) is 0 Å². The lowest BCUT2D eigenvalue weighted by Crippen LogP contribution is -2.48. The molecule has 27 heavy (non-hydrogen) atoms. The summed E-state index contributed by atoms with van der Waals surface area (Å²) >= 11 is 0. The van der Waals surface area contributed by atoms with E-state index in [4.69, 9.17) is 0 Å². The summed E-state index contributed by atoms with van der Waals surface area (Å²) in [5.41, 5.74) is 1.36. The van der Waals surface area contributed by atoms with Gasteiger partial charge < -0.3 is 20.6 Å². The normalized spacial score (nSPS) is 15.9. The zero-order valence-electron chi connectivity index (χ0n) is 15.3. The first-order valence-electron chi connectivity index (χ1n) is 8.98. The molecule has 2 heterocycles. The Bertz CT molecular complexity index is 785. The molecule has 1 aromatic carbocycles. The minimum Gasteiger partial charge on any atom is -0.385 e. The predicted octanol–water partition coefficient (Wildman–Crippen LogP) is 1.63. The average molecular weight is 368 g/mol. The van der Waals surface area contributed by atoms with Gasteiger partial charge in [-0.25, -0.2) is 4.79 Å². The number of urea groups is 1. The summed E-state index contributed by atoms with van der Waals surface area (Å²) in [6.07, 6.45) is 4.31. The number of nitrogens with zero attached hydrogens (tertiary/aromatic N) is 2. The Kier molecular flexibility index (Phi) is 5.71. The zero-order valence-corrected chi connectivity index (χ0v) is 15.3. The molecule has 0 aliphatic carbocycles. The molecule has 0 bridgehead atoms. The Hall–Kier alpha value is -2.93. The van der Waals surface area contributed by atoms with Gasteiger partial charge in [0.15, 0.2) is 0 Å². The molecule has 1 saturated heterocycles. The van der Waals surface area contributed by atoms with Gasteiger partial charge in [0.25, 0.3) is 5.91 Å². The van der Waals surface area contributed by atoms with Gasteiger partial charge in [-0.05, 0) is 36.6 Å². The monoisotopic (exact) mass is 368 g/mol. The highest BCUT2D eigenvalue weighted by atomic mass is 16.3. The van der Waals surface area contributed by atoms with Crippen LogP contribution in [0.4, 0.5) is 4.79 Å². The van der Waals surface area contributed by atoms with Crippen molar-refractivity contribution in [1.82, 2.24) is 20.5 Å². The number of piperidine rings is 1. The van der Waals surface area contributed by atoms with Crippen molar-refractivity contribution < 1.29 is 14.7 Å². The third-order valence-corrected chi connectivity index (χ3v) is 4.96. The molecule has 1 aliphatic heterocycles. The molecule has 2 aromatic rings. The second-order valence-corrected chi connectivity index (χ2v) is 6.70. The quantitative estimate of drug-likeness (QED) is 0.765. The first-order valence-corrected chi connectivity index (χ1v) is 8.98. The van der Waals surface area contributed by atoms with Crippen molar-refractivity contribution in [2.75, 3.05) is 20.1 Å². The van der Waals surface area contributed by atoms with E-state index in [0.717, 1.165) is 11.1 Å². The summed E-state index contributed by atoms with van der Waals surface area (Å²) in [7, 11) is 1.59. The van der Waals surface area contributed by atoms with Crippen LogP contribution in [0.1, 0.15) is 34.3 Å². The number of likely N-dealkylation sites (tertiary alicyclic amines) is 1. The molecule has 3 rings (SSSR count). The van der Waals surface area contributed by atoms with E-state index in [9.17, 15) is 14.7 Å². The third-order valence-electron chi connectivity index (χ3n) is 4.96. The summed E-state index contributed by atoms with van der Waals surface area (Å²) < 4.78 is 0.